The molecule has 0 bridgehead atoms. The van der Waals surface area contributed by atoms with Gasteiger partial charge in [-0.3, -0.25) is 4.79 Å². The zero-order valence-corrected chi connectivity index (χ0v) is 14.0. The minimum Gasteiger partial charge on any atom is -0.496 e. The molecule has 0 N–H and O–H groups in total. The van der Waals surface area contributed by atoms with E-state index in [4.69, 9.17) is 4.74 Å². The number of fused-ring (bicyclic) bond motifs is 2. The number of carbonyl (C=O) groups is 1. The number of carbonyl (C=O) groups excluding carboxylic acids is 1. The zero-order chi connectivity index (χ0) is 16.7. The molecule has 122 valence electrons. The fourth-order valence-electron chi connectivity index (χ4n) is 3.55. The highest BCUT2D eigenvalue weighted by Crippen LogP contribution is 2.29. The molecule has 4 rings (SSSR count). The molecule has 0 aliphatic carbocycles. The first-order chi connectivity index (χ1) is 11.7. The third-order valence-electron chi connectivity index (χ3n) is 4.90. The minimum absolute atomic E-state index is 0.0743. The van der Waals surface area contributed by atoms with Crippen LogP contribution in [-0.4, -0.2) is 29.0 Å². The number of aromatic nitrogens is 1. The van der Waals surface area contributed by atoms with Crippen LogP contribution in [0.15, 0.2) is 48.5 Å². The lowest BCUT2D eigenvalue weighted by atomic mass is 10.00. The van der Waals surface area contributed by atoms with Crippen LogP contribution in [0.5, 0.6) is 5.75 Å². The van der Waals surface area contributed by atoms with Crippen molar-refractivity contribution in [1.29, 1.82) is 0 Å². The average Bonchev–Trinajstić information content (AvgIpc) is 2.97. The Balaban J connectivity index is 1.71. The van der Waals surface area contributed by atoms with Crippen LogP contribution in [0.25, 0.3) is 10.9 Å². The van der Waals surface area contributed by atoms with E-state index < -0.39 is 0 Å². The van der Waals surface area contributed by atoms with Crippen molar-refractivity contribution in [3.05, 3.63) is 65.4 Å². The molecule has 1 aliphatic heterocycles. The molecule has 4 heteroatoms. The number of aryl methyl sites for hydroxylation is 1. The van der Waals surface area contributed by atoms with E-state index in [1.807, 2.05) is 46.8 Å². The van der Waals surface area contributed by atoms with E-state index in [0.29, 0.717) is 12.2 Å². The number of hydrogen-bond donors (Lipinski definition) is 0. The molecule has 1 amide bonds. The Hall–Kier alpha value is -2.75. The predicted molar refractivity (Wildman–Crippen MR) is 94.4 cm³/mol. The smallest absolute Gasteiger partial charge is 0.270 e. The Morgan fingerprint density at radius 3 is 2.67 bits per heavy atom. The van der Waals surface area contributed by atoms with Gasteiger partial charge in [0.2, 0.25) is 0 Å². The van der Waals surface area contributed by atoms with Gasteiger partial charge in [0.25, 0.3) is 5.91 Å². The quantitative estimate of drug-likeness (QED) is 0.725. The summed E-state index contributed by atoms with van der Waals surface area (Å²) in [6.45, 7) is 1.43. The summed E-state index contributed by atoms with van der Waals surface area (Å²) in [6.07, 6.45) is 0.912. The van der Waals surface area contributed by atoms with Crippen molar-refractivity contribution in [3.63, 3.8) is 0 Å². The van der Waals surface area contributed by atoms with Gasteiger partial charge in [0.15, 0.2) is 0 Å². The molecule has 0 saturated carbocycles. The average molecular weight is 320 g/mol. The summed E-state index contributed by atoms with van der Waals surface area (Å²) in [7, 11) is 3.59. The normalized spacial score (nSPS) is 13.8. The molecule has 0 radical (unpaired) electrons. The topological polar surface area (TPSA) is 34.5 Å². The van der Waals surface area contributed by atoms with Crippen molar-refractivity contribution in [3.8, 4) is 5.75 Å². The molecule has 1 aromatic heterocycles. The Morgan fingerprint density at radius 1 is 1.08 bits per heavy atom. The molecule has 2 aromatic carbocycles. The second kappa shape index (κ2) is 5.71. The Kier molecular flexibility index (Phi) is 3.53. The van der Waals surface area contributed by atoms with E-state index in [0.717, 1.165) is 29.6 Å². The zero-order valence-electron chi connectivity index (χ0n) is 14.0. The monoisotopic (exact) mass is 320 g/mol. The molecular formula is C20H20N2O2. The van der Waals surface area contributed by atoms with Gasteiger partial charge in [-0.15, -0.1) is 0 Å². The van der Waals surface area contributed by atoms with Crippen molar-refractivity contribution < 1.29 is 9.53 Å². The van der Waals surface area contributed by atoms with Gasteiger partial charge < -0.3 is 14.2 Å². The summed E-state index contributed by atoms with van der Waals surface area (Å²) in [5, 5.41) is 0.975. The van der Waals surface area contributed by atoms with Crippen molar-refractivity contribution >= 4 is 16.8 Å². The number of nitrogens with zero attached hydrogens (tertiary/aromatic N) is 2. The SMILES string of the molecule is COc1cccc2c1cc(C(=O)N1CCc3ccccc3C1)n2C. The first-order valence-corrected chi connectivity index (χ1v) is 8.17. The van der Waals surface area contributed by atoms with E-state index in [9.17, 15) is 4.79 Å². The molecule has 4 nitrogen and oxygen atoms in total. The predicted octanol–water partition coefficient (Wildman–Crippen LogP) is 3.39. The van der Waals surface area contributed by atoms with Crippen LogP contribution in [0.3, 0.4) is 0 Å². The number of rotatable bonds is 2. The van der Waals surface area contributed by atoms with Crippen molar-refractivity contribution in [2.24, 2.45) is 7.05 Å². The van der Waals surface area contributed by atoms with E-state index >= 15 is 0 Å². The Labute approximate surface area is 141 Å². The van der Waals surface area contributed by atoms with E-state index in [2.05, 4.69) is 18.2 Å². The largest absolute Gasteiger partial charge is 0.496 e. The van der Waals surface area contributed by atoms with E-state index in [-0.39, 0.29) is 5.91 Å². The molecular weight excluding hydrogens is 300 g/mol. The molecule has 0 spiro atoms. The van der Waals surface area contributed by atoms with Gasteiger partial charge in [0.05, 0.1) is 12.6 Å². The Morgan fingerprint density at radius 2 is 1.88 bits per heavy atom. The molecule has 2 heterocycles. The second-order valence-electron chi connectivity index (χ2n) is 6.23. The van der Waals surface area contributed by atoms with Crippen LogP contribution in [0, 0.1) is 0 Å². The lowest BCUT2D eigenvalue weighted by Crippen LogP contribution is -2.36. The lowest BCUT2D eigenvalue weighted by molar-refractivity contribution is 0.0725. The van der Waals surface area contributed by atoms with Gasteiger partial charge in [-0.2, -0.15) is 0 Å². The highest BCUT2D eigenvalue weighted by Gasteiger charge is 2.24. The first kappa shape index (κ1) is 14.8. The second-order valence-corrected chi connectivity index (χ2v) is 6.23. The van der Waals surface area contributed by atoms with Crippen molar-refractivity contribution in [1.82, 2.24) is 9.47 Å². The van der Waals surface area contributed by atoms with Gasteiger partial charge in [0, 0.05) is 25.5 Å². The summed E-state index contributed by atoms with van der Waals surface area (Å²) in [4.78, 5) is 15.0. The molecule has 24 heavy (non-hydrogen) atoms. The first-order valence-electron chi connectivity index (χ1n) is 8.17. The third kappa shape index (κ3) is 2.26. The van der Waals surface area contributed by atoms with Gasteiger partial charge in [-0.05, 0) is 35.7 Å². The van der Waals surface area contributed by atoms with Crippen molar-refractivity contribution in [2.45, 2.75) is 13.0 Å². The lowest BCUT2D eigenvalue weighted by Gasteiger charge is -2.29. The van der Waals surface area contributed by atoms with E-state index in [1.54, 1.807) is 7.11 Å². The molecule has 0 atom stereocenters. The van der Waals surface area contributed by atoms with Crippen LogP contribution in [-0.2, 0) is 20.0 Å². The number of amides is 1. The molecule has 3 aromatic rings. The summed E-state index contributed by atoms with van der Waals surface area (Å²) in [6, 6.07) is 16.2. The summed E-state index contributed by atoms with van der Waals surface area (Å²) >= 11 is 0. The van der Waals surface area contributed by atoms with Crippen LogP contribution in [0.4, 0.5) is 0 Å². The minimum atomic E-state index is 0.0743. The number of benzene rings is 2. The summed E-state index contributed by atoms with van der Waals surface area (Å²) in [5.74, 6) is 0.872. The summed E-state index contributed by atoms with van der Waals surface area (Å²) in [5.41, 5.74) is 4.30. The van der Waals surface area contributed by atoms with Crippen LogP contribution in [0.2, 0.25) is 0 Å². The van der Waals surface area contributed by atoms with E-state index in [1.165, 1.54) is 11.1 Å². The molecule has 1 aliphatic rings. The maximum atomic E-state index is 13.1. The van der Waals surface area contributed by atoms with Gasteiger partial charge in [0.1, 0.15) is 11.4 Å². The fourth-order valence-corrected chi connectivity index (χ4v) is 3.55. The maximum absolute atomic E-state index is 13.1. The molecule has 0 saturated heterocycles. The van der Waals surface area contributed by atoms with Crippen LogP contribution in [0.1, 0.15) is 21.6 Å². The third-order valence-corrected chi connectivity index (χ3v) is 4.90. The highest BCUT2D eigenvalue weighted by molar-refractivity contribution is 6.00. The summed E-state index contributed by atoms with van der Waals surface area (Å²) < 4.78 is 7.39. The van der Waals surface area contributed by atoms with Gasteiger partial charge >= 0.3 is 0 Å². The van der Waals surface area contributed by atoms with Gasteiger partial charge in [-0.25, -0.2) is 0 Å². The Bertz CT molecular complexity index is 927. The fraction of sp³-hybridized carbons (Fsp3) is 0.250. The standard InChI is InChI=1S/C20H20N2O2/c1-21-17-8-5-9-19(24-2)16(17)12-18(21)20(23)22-11-10-14-6-3-4-7-15(14)13-22/h3-9,12H,10-11,13H2,1-2H3. The van der Waals surface area contributed by atoms with Crippen molar-refractivity contribution in [2.75, 3.05) is 13.7 Å². The number of hydrogen-bond acceptors (Lipinski definition) is 2. The van der Waals surface area contributed by atoms with Gasteiger partial charge in [-0.1, -0.05) is 30.3 Å². The maximum Gasteiger partial charge on any atom is 0.270 e. The van der Waals surface area contributed by atoms with Crippen LogP contribution < -0.4 is 4.74 Å². The number of ether oxygens (including phenoxy) is 1. The van der Waals surface area contributed by atoms with Crippen LogP contribution >= 0.6 is 0 Å². The molecule has 0 fully saturated rings. The number of methoxy groups -OCH3 is 1. The molecule has 0 unspecified atom stereocenters. The highest BCUT2D eigenvalue weighted by atomic mass is 16.5.